The number of allylic oxidation sites excluding steroid dienone is 1. The molecule has 0 saturated heterocycles. The summed E-state index contributed by atoms with van der Waals surface area (Å²) in [5.41, 5.74) is 2.90. The van der Waals surface area contributed by atoms with Crippen molar-refractivity contribution < 1.29 is 4.74 Å². The van der Waals surface area contributed by atoms with Crippen molar-refractivity contribution in [3.8, 4) is 0 Å². The van der Waals surface area contributed by atoms with Crippen molar-refractivity contribution in [1.29, 1.82) is 0 Å². The minimum Gasteiger partial charge on any atom is -0.378 e. The molecule has 0 aromatic heterocycles. The minimum atomic E-state index is 0.472. The molecule has 4 aliphatic rings. The Morgan fingerprint density at radius 3 is 2.49 bits per heavy atom. The van der Waals surface area contributed by atoms with E-state index >= 15 is 0 Å². The van der Waals surface area contributed by atoms with E-state index in [2.05, 4.69) is 40.7 Å². The molecule has 1 nitrogen and oxygen atoms in total. The highest BCUT2D eigenvalue weighted by Gasteiger charge is 2.58. The number of unbranched alkanes of at least 4 members (excludes halogenated alkanes) is 6. The summed E-state index contributed by atoms with van der Waals surface area (Å²) in [7, 11) is 0. The molecule has 0 heterocycles. The lowest BCUT2D eigenvalue weighted by Crippen LogP contribution is -2.50. The summed E-state index contributed by atoms with van der Waals surface area (Å²) in [5.74, 6) is 4.78. The topological polar surface area (TPSA) is 9.23 Å². The van der Waals surface area contributed by atoms with Crippen LogP contribution in [0.25, 0.3) is 0 Å². The molecule has 4 aliphatic carbocycles. The fourth-order valence-corrected chi connectivity index (χ4v) is 9.43. The molecule has 0 aromatic rings. The zero-order valence-corrected chi connectivity index (χ0v) is 24.4. The van der Waals surface area contributed by atoms with Gasteiger partial charge in [0.15, 0.2) is 0 Å². The van der Waals surface area contributed by atoms with Crippen LogP contribution in [0.5, 0.6) is 0 Å². The Bertz CT molecular complexity index is 678. The van der Waals surface area contributed by atoms with Crippen molar-refractivity contribution in [1.82, 2.24) is 0 Å². The van der Waals surface area contributed by atoms with Crippen LogP contribution < -0.4 is 0 Å². The van der Waals surface area contributed by atoms with Crippen LogP contribution in [0.3, 0.4) is 0 Å². The number of fused-ring (bicyclic) bond motifs is 5. The number of rotatable bonds is 13. The van der Waals surface area contributed by atoms with E-state index < -0.39 is 0 Å². The van der Waals surface area contributed by atoms with Gasteiger partial charge in [0, 0.05) is 6.61 Å². The molecule has 0 spiro atoms. The molecule has 0 bridgehead atoms. The van der Waals surface area contributed by atoms with Crippen LogP contribution in [0.4, 0.5) is 0 Å². The average molecular weight is 485 g/mol. The average Bonchev–Trinajstić information content (AvgIpc) is 3.17. The Kier molecular flexibility index (Phi) is 9.90. The molecule has 202 valence electrons. The number of hydrogen-bond donors (Lipinski definition) is 0. The van der Waals surface area contributed by atoms with E-state index in [0.717, 1.165) is 36.2 Å². The Labute approximate surface area is 219 Å². The summed E-state index contributed by atoms with van der Waals surface area (Å²) in [6.07, 6.45) is 28.6. The van der Waals surface area contributed by atoms with Crippen LogP contribution in [0.1, 0.15) is 150 Å². The number of hydrogen-bond acceptors (Lipinski definition) is 1. The lowest BCUT2D eigenvalue weighted by molar-refractivity contribution is -0.0589. The Morgan fingerprint density at radius 2 is 1.69 bits per heavy atom. The zero-order valence-electron chi connectivity index (χ0n) is 24.4. The van der Waals surface area contributed by atoms with E-state index in [1.54, 1.807) is 5.57 Å². The molecule has 7 unspecified atom stereocenters. The van der Waals surface area contributed by atoms with E-state index in [-0.39, 0.29) is 0 Å². The fraction of sp³-hybridized carbons (Fsp3) is 0.941. The first kappa shape index (κ1) is 27.7. The summed E-state index contributed by atoms with van der Waals surface area (Å²) in [5, 5.41) is 0. The minimum absolute atomic E-state index is 0.472. The molecular formula is C34H60O. The molecule has 1 heteroatoms. The van der Waals surface area contributed by atoms with Crippen molar-refractivity contribution in [3.05, 3.63) is 11.6 Å². The van der Waals surface area contributed by atoms with Gasteiger partial charge in [-0.2, -0.15) is 0 Å². The maximum atomic E-state index is 6.44. The SMILES string of the molecule is CCCCCCCCOC1CCC2(C)C(=CCC3C2CCC2(C)C(CCCCC(C)C)CCC32)C1. The molecule has 0 aromatic carbocycles. The van der Waals surface area contributed by atoms with Gasteiger partial charge in [-0.3, -0.25) is 0 Å². The third kappa shape index (κ3) is 6.23. The van der Waals surface area contributed by atoms with E-state index in [4.69, 9.17) is 4.74 Å². The lowest BCUT2D eigenvalue weighted by Gasteiger charge is -2.58. The standard InChI is InChI=1S/C34H60O/c1-6-7-8-9-10-13-24-35-29-20-22-34(5)28(25-29)16-18-30-31-19-17-27(15-12-11-14-26(2)3)33(31,4)23-21-32(30)34/h16,26-27,29-32H,6-15,17-25H2,1-5H3. The van der Waals surface area contributed by atoms with Gasteiger partial charge in [0.05, 0.1) is 6.10 Å². The van der Waals surface area contributed by atoms with Gasteiger partial charge in [0.1, 0.15) is 0 Å². The summed E-state index contributed by atoms with van der Waals surface area (Å²) in [6.45, 7) is 13.5. The predicted octanol–water partition coefficient (Wildman–Crippen LogP) is 10.5. The van der Waals surface area contributed by atoms with Crippen molar-refractivity contribution in [2.24, 2.45) is 40.4 Å². The van der Waals surface area contributed by atoms with Crippen LogP contribution in [-0.4, -0.2) is 12.7 Å². The Balaban J connectivity index is 1.29. The summed E-state index contributed by atoms with van der Waals surface area (Å²) >= 11 is 0. The highest BCUT2D eigenvalue weighted by molar-refractivity contribution is 5.25. The molecule has 7 atom stereocenters. The van der Waals surface area contributed by atoms with E-state index in [0.29, 0.717) is 16.9 Å². The first-order valence-corrected chi connectivity index (χ1v) is 16.2. The second-order valence-electron chi connectivity index (χ2n) is 14.3. The summed E-state index contributed by atoms with van der Waals surface area (Å²) in [6, 6.07) is 0. The molecule has 0 amide bonds. The van der Waals surface area contributed by atoms with Crippen LogP contribution in [0, 0.1) is 40.4 Å². The fourth-order valence-electron chi connectivity index (χ4n) is 9.43. The van der Waals surface area contributed by atoms with Crippen LogP contribution >= 0.6 is 0 Å². The molecule has 4 rings (SSSR count). The van der Waals surface area contributed by atoms with E-state index in [1.165, 1.54) is 116 Å². The van der Waals surface area contributed by atoms with Crippen molar-refractivity contribution in [2.45, 2.75) is 156 Å². The Hall–Kier alpha value is -0.300. The zero-order chi connectivity index (χ0) is 24.9. The van der Waals surface area contributed by atoms with Gasteiger partial charge in [-0.05, 0) is 105 Å². The third-order valence-electron chi connectivity index (χ3n) is 11.7. The number of ether oxygens (including phenoxy) is 1. The monoisotopic (exact) mass is 484 g/mol. The quantitative estimate of drug-likeness (QED) is 0.186. The van der Waals surface area contributed by atoms with Gasteiger partial charge in [0.25, 0.3) is 0 Å². The van der Waals surface area contributed by atoms with Crippen LogP contribution in [-0.2, 0) is 4.74 Å². The van der Waals surface area contributed by atoms with Crippen LogP contribution in [0.2, 0.25) is 0 Å². The molecular weight excluding hydrogens is 424 g/mol. The first-order valence-electron chi connectivity index (χ1n) is 16.2. The van der Waals surface area contributed by atoms with Gasteiger partial charge in [-0.15, -0.1) is 0 Å². The van der Waals surface area contributed by atoms with Gasteiger partial charge in [0.2, 0.25) is 0 Å². The molecule has 35 heavy (non-hydrogen) atoms. The summed E-state index contributed by atoms with van der Waals surface area (Å²) < 4.78 is 6.44. The van der Waals surface area contributed by atoms with Crippen molar-refractivity contribution >= 4 is 0 Å². The van der Waals surface area contributed by atoms with Gasteiger partial charge in [-0.1, -0.05) is 97.6 Å². The molecule has 3 fully saturated rings. The second-order valence-corrected chi connectivity index (χ2v) is 14.3. The third-order valence-corrected chi connectivity index (χ3v) is 11.7. The van der Waals surface area contributed by atoms with Gasteiger partial charge >= 0.3 is 0 Å². The Morgan fingerprint density at radius 1 is 0.886 bits per heavy atom. The van der Waals surface area contributed by atoms with Gasteiger partial charge in [-0.25, -0.2) is 0 Å². The predicted molar refractivity (Wildman–Crippen MR) is 152 cm³/mol. The van der Waals surface area contributed by atoms with Crippen molar-refractivity contribution in [3.63, 3.8) is 0 Å². The highest BCUT2D eigenvalue weighted by Crippen LogP contribution is 2.66. The molecule has 0 radical (unpaired) electrons. The van der Waals surface area contributed by atoms with Crippen LogP contribution in [0.15, 0.2) is 11.6 Å². The smallest absolute Gasteiger partial charge is 0.0612 e. The molecule has 0 N–H and O–H groups in total. The second kappa shape index (κ2) is 12.5. The highest BCUT2D eigenvalue weighted by atomic mass is 16.5. The maximum Gasteiger partial charge on any atom is 0.0612 e. The van der Waals surface area contributed by atoms with E-state index in [1.807, 2.05) is 0 Å². The molecule has 0 aliphatic heterocycles. The van der Waals surface area contributed by atoms with Gasteiger partial charge < -0.3 is 4.74 Å². The lowest BCUT2D eigenvalue weighted by atomic mass is 9.47. The largest absolute Gasteiger partial charge is 0.378 e. The summed E-state index contributed by atoms with van der Waals surface area (Å²) in [4.78, 5) is 0. The maximum absolute atomic E-state index is 6.44. The van der Waals surface area contributed by atoms with Crippen molar-refractivity contribution in [2.75, 3.05) is 6.61 Å². The first-order chi connectivity index (χ1) is 16.9. The normalized spacial score (nSPS) is 38.7. The van der Waals surface area contributed by atoms with E-state index in [9.17, 15) is 0 Å². The molecule has 3 saturated carbocycles.